The highest BCUT2D eigenvalue weighted by Crippen LogP contribution is 2.32. The number of hydrogen-bond acceptors (Lipinski definition) is 7. The van der Waals surface area contributed by atoms with Gasteiger partial charge >= 0.3 is 5.97 Å². The molecule has 0 aliphatic heterocycles. The molecule has 0 spiro atoms. The average molecular weight is 392 g/mol. The molecule has 9 heteroatoms. The van der Waals surface area contributed by atoms with Crippen molar-refractivity contribution in [2.24, 2.45) is 0 Å². The topological polar surface area (TPSA) is 133 Å². The SMILES string of the molecule is COC(=O)c1c(N)c(C#N)cn1-c1cc(Oc2cccc(C)c2)cc([N+](=O)[O-])c1. The first-order valence-electron chi connectivity index (χ1n) is 8.37. The van der Waals surface area contributed by atoms with Crippen molar-refractivity contribution in [3.63, 3.8) is 0 Å². The second kappa shape index (κ2) is 7.74. The van der Waals surface area contributed by atoms with E-state index in [1.54, 1.807) is 18.2 Å². The standard InChI is InChI=1S/C20H16N4O5/c1-12-4-3-5-16(6-12)29-17-8-14(7-15(9-17)24(26)27)23-11-13(10-21)18(22)19(23)20(25)28-2/h3-9,11H,22H2,1-2H3. The van der Waals surface area contributed by atoms with Crippen molar-refractivity contribution in [1.82, 2.24) is 4.57 Å². The molecular formula is C20H16N4O5. The molecule has 0 saturated carbocycles. The lowest BCUT2D eigenvalue weighted by molar-refractivity contribution is -0.384. The van der Waals surface area contributed by atoms with E-state index in [0.29, 0.717) is 5.75 Å². The zero-order valence-corrected chi connectivity index (χ0v) is 15.6. The van der Waals surface area contributed by atoms with Crippen molar-refractivity contribution in [3.8, 4) is 23.3 Å². The van der Waals surface area contributed by atoms with Crippen LogP contribution in [0.25, 0.3) is 5.69 Å². The summed E-state index contributed by atoms with van der Waals surface area (Å²) >= 11 is 0. The molecule has 146 valence electrons. The molecule has 2 aromatic carbocycles. The number of nitrogens with zero attached hydrogens (tertiary/aromatic N) is 3. The number of esters is 1. The number of aromatic nitrogens is 1. The van der Waals surface area contributed by atoms with Crippen molar-refractivity contribution in [1.29, 1.82) is 5.26 Å². The van der Waals surface area contributed by atoms with Crippen LogP contribution in [0.4, 0.5) is 11.4 Å². The zero-order chi connectivity index (χ0) is 21.1. The Balaban J connectivity index is 2.18. The molecule has 3 rings (SSSR count). The minimum Gasteiger partial charge on any atom is -0.464 e. The number of nitriles is 1. The van der Waals surface area contributed by atoms with Gasteiger partial charge in [0.25, 0.3) is 5.69 Å². The second-order valence-corrected chi connectivity index (χ2v) is 6.14. The summed E-state index contributed by atoms with van der Waals surface area (Å²) < 4.78 is 11.8. The van der Waals surface area contributed by atoms with Gasteiger partial charge in [-0.05, 0) is 24.6 Å². The minimum absolute atomic E-state index is 0.0399. The van der Waals surface area contributed by atoms with Crippen LogP contribution in [0.2, 0.25) is 0 Å². The Hall–Kier alpha value is -4.32. The van der Waals surface area contributed by atoms with Crippen LogP contribution in [-0.4, -0.2) is 22.6 Å². The van der Waals surface area contributed by atoms with Crippen molar-refractivity contribution in [2.45, 2.75) is 6.92 Å². The third kappa shape index (κ3) is 3.86. The third-order valence-electron chi connectivity index (χ3n) is 4.13. The van der Waals surface area contributed by atoms with Gasteiger partial charge in [0.15, 0.2) is 5.69 Å². The van der Waals surface area contributed by atoms with Crippen molar-refractivity contribution in [2.75, 3.05) is 12.8 Å². The molecule has 0 unspecified atom stereocenters. The monoisotopic (exact) mass is 392 g/mol. The summed E-state index contributed by atoms with van der Waals surface area (Å²) in [4.78, 5) is 23.0. The maximum atomic E-state index is 12.2. The lowest BCUT2D eigenvalue weighted by atomic mass is 10.2. The van der Waals surface area contributed by atoms with E-state index in [0.717, 1.165) is 5.56 Å². The summed E-state index contributed by atoms with van der Waals surface area (Å²) in [5.74, 6) is -0.104. The van der Waals surface area contributed by atoms with Crippen LogP contribution in [0.5, 0.6) is 11.5 Å². The highest BCUT2D eigenvalue weighted by molar-refractivity contribution is 5.96. The van der Waals surface area contributed by atoms with E-state index in [1.165, 1.54) is 36.1 Å². The fourth-order valence-electron chi connectivity index (χ4n) is 2.80. The fourth-order valence-corrected chi connectivity index (χ4v) is 2.80. The number of rotatable bonds is 5. The molecule has 0 aliphatic rings. The van der Waals surface area contributed by atoms with Gasteiger partial charge in [0.1, 0.15) is 17.6 Å². The molecule has 0 saturated heterocycles. The summed E-state index contributed by atoms with van der Waals surface area (Å²) in [6.45, 7) is 1.89. The predicted molar refractivity (Wildman–Crippen MR) is 104 cm³/mol. The normalized spacial score (nSPS) is 10.2. The lowest BCUT2D eigenvalue weighted by Crippen LogP contribution is -2.11. The number of nitro groups is 1. The van der Waals surface area contributed by atoms with Crippen molar-refractivity contribution >= 4 is 17.3 Å². The van der Waals surface area contributed by atoms with Gasteiger partial charge in [-0.2, -0.15) is 5.26 Å². The zero-order valence-electron chi connectivity index (χ0n) is 15.6. The quantitative estimate of drug-likeness (QED) is 0.397. The predicted octanol–water partition coefficient (Wildman–Crippen LogP) is 3.73. The van der Waals surface area contributed by atoms with Crippen LogP contribution < -0.4 is 10.5 Å². The number of nitrogens with two attached hydrogens (primary N) is 1. The van der Waals surface area contributed by atoms with Crippen LogP contribution in [0.1, 0.15) is 21.6 Å². The van der Waals surface area contributed by atoms with E-state index in [9.17, 15) is 20.2 Å². The van der Waals surface area contributed by atoms with Gasteiger partial charge < -0.3 is 19.8 Å². The van der Waals surface area contributed by atoms with E-state index < -0.39 is 10.9 Å². The molecular weight excluding hydrogens is 376 g/mol. The van der Waals surface area contributed by atoms with Crippen LogP contribution in [0, 0.1) is 28.4 Å². The molecule has 0 fully saturated rings. The number of ether oxygens (including phenoxy) is 2. The summed E-state index contributed by atoms with van der Waals surface area (Å²) in [5, 5.41) is 20.7. The number of methoxy groups -OCH3 is 1. The Labute approximate surface area is 165 Å². The van der Waals surface area contributed by atoms with Crippen LogP contribution in [0.15, 0.2) is 48.7 Å². The van der Waals surface area contributed by atoms with E-state index in [-0.39, 0.29) is 34.1 Å². The Bertz CT molecular complexity index is 1160. The van der Waals surface area contributed by atoms with Gasteiger partial charge in [-0.25, -0.2) is 4.79 Å². The number of nitro benzene ring substituents is 1. The first kappa shape index (κ1) is 19.4. The van der Waals surface area contributed by atoms with Gasteiger partial charge in [0, 0.05) is 18.3 Å². The Kier molecular flexibility index (Phi) is 5.19. The largest absolute Gasteiger partial charge is 0.464 e. The molecule has 0 aliphatic carbocycles. The number of benzene rings is 2. The molecule has 2 N–H and O–H groups in total. The molecule has 0 bridgehead atoms. The Morgan fingerprint density at radius 1 is 1.24 bits per heavy atom. The Morgan fingerprint density at radius 3 is 2.62 bits per heavy atom. The van der Waals surface area contributed by atoms with Crippen LogP contribution in [0.3, 0.4) is 0 Å². The van der Waals surface area contributed by atoms with Gasteiger partial charge in [0.05, 0.1) is 35.0 Å². The van der Waals surface area contributed by atoms with Crippen LogP contribution >= 0.6 is 0 Å². The number of carbonyl (C=O) groups excluding carboxylic acids is 1. The molecule has 3 aromatic rings. The van der Waals surface area contributed by atoms with Gasteiger partial charge in [0.2, 0.25) is 0 Å². The van der Waals surface area contributed by atoms with Crippen molar-refractivity contribution < 1.29 is 19.2 Å². The molecule has 9 nitrogen and oxygen atoms in total. The smallest absolute Gasteiger partial charge is 0.357 e. The minimum atomic E-state index is -0.781. The van der Waals surface area contributed by atoms with E-state index in [4.69, 9.17) is 15.2 Å². The fraction of sp³-hybridized carbons (Fsp3) is 0.100. The molecule has 29 heavy (non-hydrogen) atoms. The third-order valence-corrected chi connectivity index (χ3v) is 4.13. The van der Waals surface area contributed by atoms with Gasteiger partial charge in [-0.15, -0.1) is 0 Å². The Morgan fingerprint density at radius 2 is 2.00 bits per heavy atom. The molecule has 0 radical (unpaired) electrons. The first-order valence-corrected chi connectivity index (χ1v) is 8.37. The molecule has 1 heterocycles. The summed E-state index contributed by atoms with van der Waals surface area (Å²) in [5.41, 5.74) is 6.67. The van der Waals surface area contributed by atoms with Gasteiger partial charge in [-0.1, -0.05) is 12.1 Å². The van der Waals surface area contributed by atoms with E-state index in [2.05, 4.69) is 0 Å². The lowest BCUT2D eigenvalue weighted by Gasteiger charge is -2.11. The second-order valence-electron chi connectivity index (χ2n) is 6.14. The molecule has 1 aromatic heterocycles. The van der Waals surface area contributed by atoms with Crippen LogP contribution in [-0.2, 0) is 4.74 Å². The highest BCUT2D eigenvalue weighted by Gasteiger charge is 2.23. The van der Waals surface area contributed by atoms with Crippen molar-refractivity contribution in [3.05, 3.63) is 75.6 Å². The number of carbonyl (C=O) groups is 1. The number of aryl methyl sites for hydroxylation is 1. The maximum absolute atomic E-state index is 12.2. The molecule has 0 amide bonds. The van der Waals surface area contributed by atoms with Gasteiger partial charge in [-0.3, -0.25) is 10.1 Å². The number of anilines is 1. The summed E-state index contributed by atoms with van der Waals surface area (Å²) in [7, 11) is 1.17. The van der Waals surface area contributed by atoms with E-state index >= 15 is 0 Å². The number of hydrogen-bond donors (Lipinski definition) is 1. The van der Waals surface area contributed by atoms with E-state index in [1.807, 2.05) is 19.1 Å². The molecule has 0 atom stereocenters. The summed E-state index contributed by atoms with van der Waals surface area (Å²) in [6.07, 6.45) is 1.32. The maximum Gasteiger partial charge on any atom is 0.357 e. The average Bonchev–Trinajstić information content (AvgIpc) is 3.03. The summed E-state index contributed by atoms with van der Waals surface area (Å²) in [6, 6.07) is 13.1. The number of nitrogen functional groups attached to an aromatic ring is 1. The highest BCUT2D eigenvalue weighted by atomic mass is 16.6. The number of non-ortho nitro benzene ring substituents is 1. The first-order chi connectivity index (χ1) is 13.8.